The number of nitriles is 1. The van der Waals surface area contributed by atoms with Crippen LogP contribution in [0.1, 0.15) is 12.8 Å². The number of para-hydroxylation sites is 1. The van der Waals surface area contributed by atoms with E-state index in [1.165, 1.54) is 11.8 Å². The third-order valence-electron chi connectivity index (χ3n) is 3.86. The van der Waals surface area contributed by atoms with Crippen LogP contribution in [0.15, 0.2) is 81.7 Å². The Hall–Kier alpha value is -3.57. The fourth-order valence-electron chi connectivity index (χ4n) is 2.56. The number of fused-ring (bicyclic) bond motifs is 1. The Morgan fingerprint density at radius 1 is 1.41 bits per heavy atom. The maximum absolute atomic E-state index is 8.75. The topological polar surface area (TPSA) is 109 Å². The predicted octanol–water partition coefficient (Wildman–Crippen LogP) is 4.06. The molecule has 0 amide bonds. The summed E-state index contributed by atoms with van der Waals surface area (Å²) in [7, 11) is 1.64. The van der Waals surface area contributed by atoms with Gasteiger partial charge in [0.2, 0.25) is 0 Å². The molecule has 2 aromatic rings. The molecule has 0 aliphatic heterocycles. The van der Waals surface area contributed by atoms with E-state index in [4.69, 9.17) is 15.7 Å². The summed E-state index contributed by atoms with van der Waals surface area (Å²) < 4.78 is 5.34. The SMILES string of the molecule is C=C(CC#N)NC(N)=Nc1nc(SC2=CC(OC)=CC=CC2)nc2ccccc12. The normalized spacial score (nSPS) is 13.9. The van der Waals surface area contributed by atoms with Crippen LogP contribution in [0, 0.1) is 11.3 Å². The van der Waals surface area contributed by atoms with Crippen molar-refractivity contribution in [1.29, 1.82) is 5.26 Å². The average Bonchev–Trinajstić information content (AvgIpc) is 2.93. The monoisotopic (exact) mass is 404 g/mol. The van der Waals surface area contributed by atoms with Crippen molar-refractivity contribution < 1.29 is 4.74 Å². The highest BCUT2D eigenvalue weighted by atomic mass is 32.2. The number of ether oxygens (including phenoxy) is 1. The number of aliphatic imine (C=N–C) groups is 1. The number of aromatic nitrogens is 2. The number of benzene rings is 1. The van der Waals surface area contributed by atoms with Crippen LogP contribution >= 0.6 is 11.8 Å². The first-order valence-corrected chi connectivity index (χ1v) is 9.62. The highest BCUT2D eigenvalue weighted by Crippen LogP contribution is 2.32. The van der Waals surface area contributed by atoms with Crippen LogP contribution in [0.25, 0.3) is 10.9 Å². The molecule has 1 aliphatic carbocycles. The molecule has 8 heteroatoms. The Morgan fingerprint density at radius 2 is 2.24 bits per heavy atom. The first-order chi connectivity index (χ1) is 14.1. The maximum atomic E-state index is 8.75. The smallest absolute Gasteiger partial charge is 0.199 e. The first kappa shape index (κ1) is 20.2. The Morgan fingerprint density at radius 3 is 3.03 bits per heavy atom. The van der Waals surface area contributed by atoms with Gasteiger partial charge in [0.1, 0.15) is 5.76 Å². The average molecular weight is 404 g/mol. The van der Waals surface area contributed by atoms with E-state index in [0.29, 0.717) is 16.7 Å². The summed E-state index contributed by atoms with van der Waals surface area (Å²) in [5.41, 5.74) is 7.21. The van der Waals surface area contributed by atoms with E-state index in [1.54, 1.807) is 7.11 Å². The number of hydrogen-bond donors (Lipinski definition) is 2. The summed E-state index contributed by atoms with van der Waals surface area (Å²) in [6.07, 6.45) is 8.77. The molecule has 0 bridgehead atoms. The summed E-state index contributed by atoms with van der Waals surface area (Å²) >= 11 is 1.45. The minimum atomic E-state index is 0.117. The van der Waals surface area contributed by atoms with Gasteiger partial charge in [0.15, 0.2) is 16.9 Å². The van der Waals surface area contributed by atoms with Crippen LogP contribution in [0.3, 0.4) is 0 Å². The van der Waals surface area contributed by atoms with Crippen molar-refractivity contribution >= 4 is 34.4 Å². The van der Waals surface area contributed by atoms with Gasteiger partial charge < -0.3 is 15.8 Å². The molecule has 0 spiro atoms. The summed E-state index contributed by atoms with van der Waals surface area (Å²) in [6.45, 7) is 3.74. The lowest BCUT2D eigenvalue weighted by Crippen LogP contribution is -2.30. The largest absolute Gasteiger partial charge is 0.497 e. The van der Waals surface area contributed by atoms with E-state index in [-0.39, 0.29) is 12.4 Å². The number of guanidine groups is 1. The van der Waals surface area contributed by atoms with Gasteiger partial charge in [-0.1, -0.05) is 42.6 Å². The molecule has 7 nitrogen and oxygen atoms in total. The van der Waals surface area contributed by atoms with E-state index >= 15 is 0 Å². The predicted molar refractivity (Wildman–Crippen MR) is 116 cm³/mol. The van der Waals surface area contributed by atoms with Gasteiger partial charge in [0, 0.05) is 16.0 Å². The second-order valence-electron chi connectivity index (χ2n) is 6.03. The molecule has 1 aromatic heterocycles. The standard InChI is InChI=1S/C21H20N6OS/c1-14(11-12-22)24-20(23)26-19-17-9-5-6-10-18(17)25-21(27-19)29-16-8-4-3-7-15(13-16)28-2/h3-7,9-10,13H,1,8,11H2,2H3,(H3,23,24,25,26,27). The Balaban J connectivity index is 1.95. The molecule has 146 valence electrons. The molecule has 1 aromatic carbocycles. The molecule has 1 heterocycles. The second kappa shape index (κ2) is 9.57. The van der Waals surface area contributed by atoms with Gasteiger partial charge in [0.25, 0.3) is 0 Å². The lowest BCUT2D eigenvalue weighted by atomic mass is 10.2. The van der Waals surface area contributed by atoms with Crippen molar-refractivity contribution in [3.05, 3.63) is 71.5 Å². The fraction of sp³-hybridized carbons (Fsp3) is 0.143. The zero-order chi connectivity index (χ0) is 20.6. The van der Waals surface area contributed by atoms with Gasteiger partial charge >= 0.3 is 0 Å². The van der Waals surface area contributed by atoms with E-state index in [9.17, 15) is 0 Å². The molecule has 0 radical (unpaired) electrons. The number of nitrogens with one attached hydrogen (secondary N) is 1. The van der Waals surface area contributed by atoms with Gasteiger partial charge in [-0.2, -0.15) is 10.3 Å². The molecule has 3 rings (SSSR count). The van der Waals surface area contributed by atoms with E-state index in [2.05, 4.69) is 26.9 Å². The summed E-state index contributed by atoms with van der Waals surface area (Å²) in [5, 5.41) is 12.9. The quantitative estimate of drug-likeness (QED) is 0.424. The van der Waals surface area contributed by atoms with Crippen molar-refractivity contribution in [2.75, 3.05) is 7.11 Å². The third-order valence-corrected chi connectivity index (χ3v) is 4.78. The fourth-order valence-corrected chi connectivity index (χ4v) is 3.43. The van der Waals surface area contributed by atoms with Crippen LogP contribution in [-0.4, -0.2) is 23.0 Å². The second-order valence-corrected chi connectivity index (χ2v) is 7.12. The molecule has 1 aliphatic rings. The molecule has 0 fully saturated rings. The molecule has 0 atom stereocenters. The summed E-state index contributed by atoms with van der Waals surface area (Å²) in [5.74, 6) is 1.33. The third kappa shape index (κ3) is 5.46. The zero-order valence-electron chi connectivity index (χ0n) is 15.9. The Bertz CT molecular complexity index is 1090. The number of allylic oxidation sites excluding steroid dienone is 6. The van der Waals surface area contributed by atoms with Gasteiger partial charge in [-0.25, -0.2) is 9.97 Å². The lowest BCUT2D eigenvalue weighted by molar-refractivity contribution is 0.307. The van der Waals surface area contributed by atoms with E-state index in [0.717, 1.165) is 28.0 Å². The minimum absolute atomic E-state index is 0.117. The number of hydrogen-bond acceptors (Lipinski definition) is 6. The Kier molecular flexibility index (Phi) is 6.66. The van der Waals surface area contributed by atoms with Crippen molar-refractivity contribution in [3.8, 4) is 6.07 Å². The minimum Gasteiger partial charge on any atom is -0.497 e. The summed E-state index contributed by atoms with van der Waals surface area (Å²) in [6, 6.07) is 9.60. The molecule has 0 saturated carbocycles. The van der Waals surface area contributed by atoms with Gasteiger partial charge in [0.05, 0.1) is 25.1 Å². The molecule has 0 unspecified atom stereocenters. The number of rotatable bonds is 6. The van der Waals surface area contributed by atoms with Crippen LogP contribution in [0.2, 0.25) is 0 Å². The Labute approximate surface area is 173 Å². The number of nitrogens with zero attached hydrogens (tertiary/aromatic N) is 4. The molecular weight excluding hydrogens is 384 g/mol. The van der Waals surface area contributed by atoms with Gasteiger partial charge in [-0.3, -0.25) is 0 Å². The summed E-state index contributed by atoms with van der Waals surface area (Å²) in [4.78, 5) is 14.7. The van der Waals surface area contributed by atoms with Crippen LogP contribution < -0.4 is 11.1 Å². The number of thioether (sulfide) groups is 1. The first-order valence-electron chi connectivity index (χ1n) is 8.81. The molecule has 29 heavy (non-hydrogen) atoms. The number of nitrogens with two attached hydrogens (primary N) is 1. The molecule has 0 saturated heterocycles. The highest BCUT2D eigenvalue weighted by molar-refractivity contribution is 8.02. The lowest BCUT2D eigenvalue weighted by Gasteiger charge is -2.09. The highest BCUT2D eigenvalue weighted by Gasteiger charge is 2.11. The van der Waals surface area contributed by atoms with Crippen molar-refractivity contribution in [2.24, 2.45) is 10.7 Å². The van der Waals surface area contributed by atoms with Crippen LogP contribution in [0.4, 0.5) is 5.82 Å². The number of methoxy groups -OCH3 is 1. The molecule has 3 N–H and O–H groups in total. The van der Waals surface area contributed by atoms with Gasteiger partial charge in [-0.15, -0.1) is 0 Å². The van der Waals surface area contributed by atoms with Crippen molar-refractivity contribution in [1.82, 2.24) is 15.3 Å². The van der Waals surface area contributed by atoms with Crippen LogP contribution in [-0.2, 0) is 4.74 Å². The van der Waals surface area contributed by atoms with E-state index in [1.807, 2.05) is 54.6 Å². The van der Waals surface area contributed by atoms with Crippen molar-refractivity contribution in [2.45, 2.75) is 18.0 Å². The van der Waals surface area contributed by atoms with E-state index < -0.39 is 0 Å². The molecular formula is C21H20N6OS. The zero-order valence-corrected chi connectivity index (χ0v) is 16.7. The van der Waals surface area contributed by atoms with Crippen molar-refractivity contribution in [3.63, 3.8) is 0 Å². The van der Waals surface area contributed by atoms with Gasteiger partial charge in [-0.05, 0) is 30.7 Å². The maximum Gasteiger partial charge on any atom is 0.199 e. The van der Waals surface area contributed by atoms with Crippen LogP contribution in [0.5, 0.6) is 0 Å².